The lowest BCUT2D eigenvalue weighted by Crippen LogP contribution is -2.20. The molecule has 0 spiro atoms. The van der Waals surface area contributed by atoms with Gasteiger partial charge in [0.25, 0.3) is 0 Å². The summed E-state index contributed by atoms with van der Waals surface area (Å²) in [5, 5.41) is 5.53. The van der Waals surface area contributed by atoms with Crippen LogP contribution in [0.3, 0.4) is 0 Å². The molecule has 2 rings (SSSR count). The van der Waals surface area contributed by atoms with Crippen LogP contribution in [-0.4, -0.2) is 18.1 Å². The molecule has 0 aliphatic heterocycles. The Bertz CT molecular complexity index is 543. The molecular formula is C16H21BrN2OS. The van der Waals surface area contributed by atoms with Crippen molar-refractivity contribution in [1.82, 2.24) is 10.3 Å². The van der Waals surface area contributed by atoms with Crippen LogP contribution in [0.15, 0.2) is 34.2 Å². The number of rotatable bonds is 8. The van der Waals surface area contributed by atoms with Gasteiger partial charge in [0.2, 0.25) is 5.88 Å². The van der Waals surface area contributed by atoms with Gasteiger partial charge in [-0.05, 0) is 45.9 Å². The highest BCUT2D eigenvalue weighted by atomic mass is 79.9. The minimum atomic E-state index is 0.633. The van der Waals surface area contributed by atoms with Gasteiger partial charge in [0.05, 0.1) is 6.61 Å². The molecule has 0 unspecified atom stereocenters. The summed E-state index contributed by atoms with van der Waals surface area (Å²) in [5.74, 6) is 1.36. The van der Waals surface area contributed by atoms with E-state index < -0.39 is 0 Å². The average Bonchev–Trinajstić information content (AvgIpc) is 2.94. The van der Waals surface area contributed by atoms with Crippen molar-refractivity contribution < 1.29 is 4.74 Å². The molecule has 1 N–H and O–H groups in total. The topological polar surface area (TPSA) is 34.2 Å². The number of hydrogen-bond donors (Lipinski definition) is 1. The number of nitrogens with one attached hydrogen (secondary N) is 1. The second-order valence-corrected chi connectivity index (χ2v) is 7.27. The number of hydrogen-bond acceptors (Lipinski definition) is 4. The smallest absolute Gasteiger partial charge is 0.217 e. The van der Waals surface area contributed by atoms with E-state index in [1.807, 2.05) is 0 Å². The maximum Gasteiger partial charge on any atom is 0.217 e. The standard InChI is InChI=1S/C16H21BrN2OS/c1-12(2)9-18-10-13-8-14(17)11-19-16(13)20-6-5-15-4-3-7-21-15/h3-4,7-8,11-12,18H,5-6,9-10H2,1-2H3. The molecule has 5 heteroatoms. The molecule has 3 nitrogen and oxygen atoms in total. The molecule has 0 saturated heterocycles. The molecule has 0 bridgehead atoms. The van der Waals surface area contributed by atoms with Gasteiger partial charge in [0.15, 0.2) is 0 Å². The lowest BCUT2D eigenvalue weighted by Gasteiger charge is -2.12. The normalized spacial score (nSPS) is 11.0. The van der Waals surface area contributed by atoms with Gasteiger partial charge >= 0.3 is 0 Å². The Balaban J connectivity index is 1.90. The van der Waals surface area contributed by atoms with E-state index in [9.17, 15) is 0 Å². The van der Waals surface area contributed by atoms with E-state index in [0.717, 1.165) is 35.4 Å². The van der Waals surface area contributed by atoms with Gasteiger partial charge in [-0.3, -0.25) is 0 Å². The van der Waals surface area contributed by atoms with Crippen molar-refractivity contribution in [3.05, 3.63) is 44.7 Å². The maximum atomic E-state index is 5.86. The molecule has 0 fully saturated rings. The number of ether oxygens (including phenoxy) is 1. The van der Waals surface area contributed by atoms with Crippen LogP contribution in [0.2, 0.25) is 0 Å². The molecule has 2 heterocycles. The number of thiophene rings is 1. The first kappa shape index (κ1) is 16.5. The predicted molar refractivity (Wildman–Crippen MR) is 92.0 cm³/mol. The molecule has 21 heavy (non-hydrogen) atoms. The Hall–Kier alpha value is -0.910. The van der Waals surface area contributed by atoms with Crippen molar-refractivity contribution in [2.75, 3.05) is 13.2 Å². The fraction of sp³-hybridized carbons (Fsp3) is 0.438. The Morgan fingerprint density at radius 1 is 1.43 bits per heavy atom. The van der Waals surface area contributed by atoms with Crippen molar-refractivity contribution in [2.24, 2.45) is 5.92 Å². The molecule has 0 aliphatic carbocycles. The zero-order valence-corrected chi connectivity index (χ0v) is 14.8. The second-order valence-electron chi connectivity index (χ2n) is 5.32. The summed E-state index contributed by atoms with van der Waals surface area (Å²) in [4.78, 5) is 5.73. The largest absolute Gasteiger partial charge is 0.477 e. The van der Waals surface area contributed by atoms with Gasteiger partial charge < -0.3 is 10.1 Å². The van der Waals surface area contributed by atoms with Gasteiger partial charge in [0, 0.05) is 34.1 Å². The Labute approximate surface area is 138 Å². The molecule has 0 saturated carbocycles. The summed E-state index contributed by atoms with van der Waals surface area (Å²) in [6.07, 6.45) is 2.71. The van der Waals surface area contributed by atoms with Gasteiger partial charge in [-0.15, -0.1) is 11.3 Å². The van der Waals surface area contributed by atoms with Gasteiger partial charge in [-0.25, -0.2) is 4.98 Å². The van der Waals surface area contributed by atoms with E-state index in [0.29, 0.717) is 12.5 Å². The molecule has 0 aliphatic rings. The van der Waals surface area contributed by atoms with Gasteiger partial charge in [0.1, 0.15) is 0 Å². The van der Waals surface area contributed by atoms with Crippen LogP contribution in [0, 0.1) is 5.92 Å². The fourth-order valence-corrected chi connectivity index (χ4v) is 2.99. The zero-order chi connectivity index (χ0) is 15.1. The molecular weight excluding hydrogens is 348 g/mol. The highest BCUT2D eigenvalue weighted by Gasteiger charge is 2.07. The third-order valence-electron chi connectivity index (χ3n) is 2.93. The first-order valence-electron chi connectivity index (χ1n) is 7.15. The summed E-state index contributed by atoms with van der Waals surface area (Å²) >= 11 is 5.23. The molecule has 0 radical (unpaired) electrons. The first-order valence-corrected chi connectivity index (χ1v) is 8.82. The first-order chi connectivity index (χ1) is 10.1. The van der Waals surface area contributed by atoms with Gasteiger partial charge in [-0.2, -0.15) is 0 Å². The van der Waals surface area contributed by atoms with Crippen molar-refractivity contribution in [1.29, 1.82) is 0 Å². The average molecular weight is 369 g/mol. The van der Waals surface area contributed by atoms with E-state index in [1.54, 1.807) is 17.5 Å². The van der Waals surface area contributed by atoms with Crippen LogP contribution in [-0.2, 0) is 13.0 Å². The van der Waals surface area contributed by atoms with Crippen molar-refractivity contribution in [3.63, 3.8) is 0 Å². The quantitative estimate of drug-likeness (QED) is 0.755. The highest BCUT2D eigenvalue weighted by molar-refractivity contribution is 9.10. The van der Waals surface area contributed by atoms with Crippen molar-refractivity contribution >= 4 is 27.3 Å². The third kappa shape index (κ3) is 5.77. The SMILES string of the molecule is CC(C)CNCc1cc(Br)cnc1OCCc1cccs1. The van der Waals surface area contributed by atoms with Crippen LogP contribution >= 0.6 is 27.3 Å². The molecule has 114 valence electrons. The van der Waals surface area contributed by atoms with E-state index in [4.69, 9.17) is 4.74 Å². The Morgan fingerprint density at radius 3 is 3.00 bits per heavy atom. The monoisotopic (exact) mass is 368 g/mol. The van der Waals surface area contributed by atoms with E-state index in [1.165, 1.54) is 4.88 Å². The van der Waals surface area contributed by atoms with Crippen LogP contribution in [0.4, 0.5) is 0 Å². The number of halogens is 1. The summed E-state index contributed by atoms with van der Waals surface area (Å²) in [5.41, 5.74) is 1.09. The molecule has 0 amide bonds. The molecule has 0 aromatic carbocycles. The molecule has 2 aromatic rings. The minimum absolute atomic E-state index is 0.633. The van der Waals surface area contributed by atoms with Crippen molar-refractivity contribution in [2.45, 2.75) is 26.8 Å². The lowest BCUT2D eigenvalue weighted by atomic mass is 10.2. The number of nitrogens with zero attached hydrogens (tertiary/aromatic N) is 1. The lowest BCUT2D eigenvalue weighted by molar-refractivity contribution is 0.305. The van der Waals surface area contributed by atoms with Crippen LogP contribution < -0.4 is 10.1 Å². The molecule has 0 atom stereocenters. The third-order valence-corrected chi connectivity index (χ3v) is 4.30. The van der Waals surface area contributed by atoms with Crippen LogP contribution in [0.25, 0.3) is 0 Å². The number of aromatic nitrogens is 1. The molecule has 2 aromatic heterocycles. The zero-order valence-electron chi connectivity index (χ0n) is 12.4. The Morgan fingerprint density at radius 2 is 2.29 bits per heavy atom. The van der Waals surface area contributed by atoms with E-state index >= 15 is 0 Å². The summed E-state index contributed by atoms with van der Waals surface area (Å²) in [7, 11) is 0. The summed E-state index contributed by atoms with van der Waals surface area (Å²) in [6.45, 7) is 6.82. The summed E-state index contributed by atoms with van der Waals surface area (Å²) < 4.78 is 6.84. The number of pyridine rings is 1. The fourth-order valence-electron chi connectivity index (χ4n) is 1.92. The predicted octanol–water partition coefficient (Wildman–Crippen LogP) is 4.27. The van der Waals surface area contributed by atoms with E-state index in [-0.39, 0.29) is 0 Å². The van der Waals surface area contributed by atoms with Crippen LogP contribution in [0.5, 0.6) is 5.88 Å². The van der Waals surface area contributed by atoms with Crippen molar-refractivity contribution in [3.8, 4) is 5.88 Å². The van der Waals surface area contributed by atoms with E-state index in [2.05, 4.69) is 63.7 Å². The summed E-state index contributed by atoms with van der Waals surface area (Å²) in [6, 6.07) is 6.27. The maximum absolute atomic E-state index is 5.86. The van der Waals surface area contributed by atoms with Crippen LogP contribution in [0.1, 0.15) is 24.3 Å². The Kier molecular flexibility index (Phi) is 6.67. The second kappa shape index (κ2) is 8.51. The highest BCUT2D eigenvalue weighted by Crippen LogP contribution is 2.20. The van der Waals surface area contributed by atoms with Gasteiger partial charge in [-0.1, -0.05) is 19.9 Å². The minimum Gasteiger partial charge on any atom is -0.477 e.